The van der Waals surface area contributed by atoms with E-state index in [-0.39, 0.29) is 12.5 Å². The van der Waals surface area contributed by atoms with Crippen LogP contribution in [0.15, 0.2) is 36.7 Å². The van der Waals surface area contributed by atoms with Gasteiger partial charge in [0.25, 0.3) is 0 Å². The SMILES string of the molecule is CCn1ncnc1CN1CCCN(C(=O)COCc2ccccc2)CC1. The molecule has 2 heterocycles. The Bertz CT molecular complexity index is 688. The quantitative estimate of drug-likeness (QED) is 0.752. The summed E-state index contributed by atoms with van der Waals surface area (Å²) < 4.78 is 7.51. The number of carbonyl (C=O) groups excluding carboxylic acids is 1. The van der Waals surface area contributed by atoms with Crippen LogP contribution in [0.3, 0.4) is 0 Å². The van der Waals surface area contributed by atoms with Crippen LogP contribution in [0.1, 0.15) is 24.7 Å². The summed E-state index contributed by atoms with van der Waals surface area (Å²) in [4.78, 5) is 21.0. The van der Waals surface area contributed by atoms with E-state index in [4.69, 9.17) is 4.74 Å². The van der Waals surface area contributed by atoms with Gasteiger partial charge in [-0.3, -0.25) is 9.69 Å². The molecule has 0 atom stereocenters. The van der Waals surface area contributed by atoms with E-state index in [1.54, 1.807) is 6.33 Å². The summed E-state index contributed by atoms with van der Waals surface area (Å²) in [5, 5.41) is 4.22. The maximum absolute atomic E-state index is 12.4. The number of rotatable bonds is 7. The van der Waals surface area contributed by atoms with Crippen molar-refractivity contribution in [1.82, 2.24) is 24.6 Å². The minimum absolute atomic E-state index is 0.0690. The molecule has 1 aromatic heterocycles. The Balaban J connectivity index is 1.43. The number of hydrogen-bond acceptors (Lipinski definition) is 5. The maximum Gasteiger partial charge on any atom is 0.248 e. The molecular formula is C19H27N5O2. The van der Waals surface area contributed by atoms with Crippen LogP contribution in [0.25, 0.3) is 0 Å². The third-order valence-electron chi connectivity index (χ3n) is 4.64. The fraction of sp³-hybridized carbons (Fsp3) is 0.526. The first-order valence-corrected chi connectivity index (χ1v) is 9.24. The molecule has 1 aromatic carbocycles. The van der Waals surface area contributed by atoms with E-state index in [1.165, 1.54) is 0 Å². The van der Waals surface area contributed by atoms with Crippen LogP contribution in [0.5, 0.6) is 0 Å². The molecule has 2 aromatic rings. The summed E-state index contributed by atoms with van der Waals surface area (Å²) in [6.45, 7) is 7.60. The van der Waals surface area contributed by atoms with E-state index >= 15 is 0 Å². The molecule has 7 heteroatoms. The summed E-state index contributed by atoms with van der Waals surface area (Å²) in [6.07, 6.45) is 2.57. The number of aryl methyl sites for hydroxylation is 1. The van der Waals surface area contributed by atoms with Gasteiger partial charge >= 0.3 is 0 Å². The zero-order valence-corrected chi connectivity index (χ0v) is 15.4. The molecule has 0 spiro atoms. The molecule has 7 nitrogen and oxygen atoms in total. The van der Waals surface area contributed by atoms with Crippen molar-refractivity contribution in [3.05, 3.63) is 48.0 Å². The van der Waals surface area contributed by atoms with Gasteiger partial charge in [-0.2, -0.15) is 5.10 Å². The molecule has 0 bridgehead atoms. The van der Waals surface area contributed by atoms with Gasteiger partial charge in [-0.05, 0) is 18.9 Å². The average Bonchev–Trinajstić information content (AvgIpc) is 2.98. The van der Waals surface area contributed by atoms with Crippen molar-refractivity contribution >= 4 is 5.91 Å². The van der Waals surface area contributed by atoms with Crippen molar-refractivity contribution in [1.29, 1.82) is 0 Å². The standard InChI is InChI=1S/C19H27N5O2/c1-2-24-18(20-16-21-24)13-22-9-6-10-23(12-11-22)19(25)15-26-14-17-7-4-3-5-8-17/h3-5,7-8,16H,2,6,9-15H2,1H3. The molecule has 0 N–H and O–H groups in total. The predicted octanol–water partition coefficient (Wildman–Crippen LogP) is 1.55. The second-order valence-corrected chi connectivity index (χ2v) is 6.48. The van der Waals surface area contributed by atoms with Gasteiger partial charge in [0.05, 0.1) is 13.2 Å². The van der Waals surface area contributed by atoms with Crippen LogP contribution in [0.4, 0.5) is 0 Å². The van der Waals surface area contributed by atoms with E-state index in [9.17, 15) is 4.79 Å². The van der Waals surface area contributed by atoms with Gasteiger partial charge in [-0.1, -0.05) is 30.3 Å². The Morgan fingerprint density at radius 3 is 2.81 bits per heavy atom. The van der Waals surface area contributed by atoms with E-state index < -0.39 is 0 Å². The molecule has 0 radical (unpaired) electrons. The van der Waals surface area contributed by atoms with Crippen LogP contribution in [-0.2, 0) is 29.2 Å². The number of ether oxygens (including phenoxy) is 1. The highest BCUT2D eigenvalue weighted by Crippen LogP contribution is 2.08. The normalized spacial score (nSPS) is 15.8. The monoisotopic (exact) mass is 357 g/mol. The lowest BCUT2D eigenvalue weighted by Gasteiger charge is -2.22. The van der Waals surface area contributed by atoms with Gasteiger partial charge < -0.3 is 9.64 Å². The molecule has 0 unspecified atom stereocenters. The van der Waals surface area contributed by atoms with E-state index in [1.807, 2.05) is 39.9 Å². The summed E-state index contributed by atoms with van der Waals surface area (Å²) in [7, 11) is 0. The lowest BCUT2D eigenvalue weighted by molar-refractivity contribution is -0.136. The van der Waals surface area contributed by atoms with Crippen LogP contribution in [0, 0.1) is 0 Å². The zero-order valence-electron chi connectivity index (χ0n) is 15.4. The fourth-order valence-electron chi connectivity index (χ4n) is 3.17. The van der Waals surface area contributed by atoms with E-state index in [0.29, 0.717) is 6.61 Å². The summed E-state index contributed by atoms with van der Waals surface area (Å²) in [5.41, 5.74) is 1.09. The number of benzene rings is 1. The van der Waals surface area contributed by atoms with Crippen LogP contribution in [-0.4, -0.2) is 63.3 Å². The molecule has 0 aliphatic carbocycles. The molecule has 140 valence electrons. The number of aromatic nitrogens is 3. The predicted molar refractivity (Wildman–Crippen MR) is 98.3 cm³/mol. The first kappa shape index (κ1) is 18.5. The zero-order chi connectivity index (χ0) is 18.2. The highest BCUT2D eigenvalue weighted by molar-refractivity contribution is 5.77. The molecule has 1 amide bonds. The third-order valence-corrected chi connectivity index (χ3v) is 4.64. The maximum atomic E-state index is 12.4. The minimum Gasteiger partial charge on any atom is -0.367 e. The summed E-state index contributed by atoms with van der Waals surface area (Å²) >= 11 is 0. The highest BCUT2D eigenvalue weighted by Gasteiger charge is 2.20. The van der Waals surface area contributed by atoms with Gasteiger partial charge in [0, 0.05) is 32.7 Å². The van der Waals surface area contributed by atoms with Crippen LogP contribution < -0.4 is 0 Å². The van der Waals surface area contributed by atoms with Crippen molar-refractivity contribution in [2.24, 2.45) is 0 Å². The van der Waals surface area contributed by atoms with Gasteiger partial charge in [-0.25, -0.2) is 9.67 Å². The van der Waals surface area contributed by atoms with Crippen molar-refractivity contribution in [3.8, 4) is 0 Å². The Hall–Kier alpha value is -2.25. The van der Waals surface area contributed by atoms with Crippen molar-refractivity contribution < 1.29 is 9.53 Å². The average molecular weight is 357 g/mol. The molecule has 0 saturated carbocycles. The Morgan fingerprint density at radius 2 is 2.00 bits per heavy atom. The topological polar surface area (TPSA) is 63.5 Å². The summed E-state index contributed by atoms with van der Waals surface area (Å²) in [5.74, 6) is 1.05. The van der Waals surface area contributed by atoms with Gasteiger partial charge in [0.1, 0.15) is 18.8 Å². The van der Waals surface area contributed by atoms with Crippen molar-refractivity contribution in [2.45, 2.75) is 33.0 Å². The molecule has 1 saturated heterocycles. The van der Waals surface area contributed by atoms with Crippen LogP contribution in [0.2, 0.25) is 0 Å². The van der Waals surface area contributed by atoms with Gasteiger partial charge in [-0.15, -0.1) is 0 Å². The van der Waals surface area contributed by atoms with Gasteiger partial charge in [0.15, 0.2) is 0 Å². The van der Waals surface area contributed by atoms with Gasteiger partial charge in [0.2, 0.25) is 5.91 Å². The van der Waals surface area contributed by atoms with E-state index in [0.717, 1.165) is 57.1 Å². The number of carbonyl (C=O) groups is 1. The third kappa shape index (κ3) is 5.12. The molecule has 3 rings (SSSR count). The molecule has 1 fully saturated rings. The first-order valence-electron chi connectivity index (χ1n) is 9.24. The minimum atomic E-state index is 0.0690. The molecule has 1 aliphatic heterocycles. The van der Waals surface area contributed by atoms with Crippen molar-refractivity contribution in [3.63, 3.8) is 0 Å². The second kappa shape index (κ2) is 9.45. The molecule has 1 aliphatic rings. The fourth-order valence-corrected chi connectivity index (χ4v) is 3.17. The lowest BCUT2D eigenvalue weighted by Crippen LogP contribution is -2.37. The Morgan fingerprint density at radius 1 is 1.15 bits per heavy atom. The summed E-state index contributed by atoms with van der Waals surface area (Å²) in [6, 6.07) is 9.93. The number of nitrogens with zero attached hydrogens (tertiary/aromatic N) is 5. The largest absolute Gasteiger partial charge is 0.367 e. The van der Waals surface area contributed by atoms with Crippen LogP contribution >= 0.6 is 0 Å². The number of amides is 1. The highest BCUT2D eigenvalue weighted by atomic mass is 16.5. The first-order chi connectivity index (χ1) is 12.8. The lowest BCUT2D eigenvalue weighted by atomic mass is 10.2. The molecule has 26 heavy (non-hydrogen) atoms. The Labute approximate surface area is 154 Å². The van der Waals surface area contributed by atoms with E-state index in [2.05, 4.69) is 21.9 Å². The number of hydrogen-bond donors (Lipinski definition) is 0. The Kier molecular flexibility index (Phi) is 6.74. The van der Waals surface area contributed by atoms with Crippen molar-refractivity contribution in [2.75, 3.05) is 32.8 Å². The molecular weight excluding hydrogens is 330 g/mol. The smallest absolute Gasteiger partial charge is 0.248 e. The second-order valence-electron chi connectivity index (χ2n) is 6.48.